The maximum Gasteiger partial charge on any atom is 0.408 e. The van der Waals surface area contributed by atoms with Gasteiger partial charge in [-0.2, -0.15) is 11.8 Å². The fourth-order valence-electron chi connectivity index (χ4n) is 2.82. The van der Waals surface area contributed by atoms with Crippen LogP contribution in [0.15, 0.2) is 34.9 Å². The van der Waals surface area contributed by atoms with Crippen LogP contribution in [0.5, 0.6) is 0 Å². The molecule has 8 nitrogen and oxygen atoms in total. The molecule has 0 aliphatic carbocycles. The highest BCUT2D eigenvalue weighted by molar-refractivity contribution is 7.99. The number of hydrogen-bond donors (Lipinski definition) is 4. The molecule has 0 bridgehead atoms. The van der Waals surface area contributed by atoms with E-state index in [0.717, 1.165) is 25.7 Å². The van der Waals surface area contributed by atoms with Crippen LogP contribution in [0.2, 0.25) is 0 Å². The molecule has 0 aromatic heterocycles. The smallest absolute Gasteiger partial charge is 0.408 e. The first-order chi connectivity index (χ1) is 16.2. The van der Waals surface area contributed by atoms with Crippen LogP contribution < -0.4 is 10.6 Å². The van der Waals surface area contributed by atoms with Gasteiger partial charge in [0.2, 0.25) is 5.91 Å². The van der Waals surface area contributed by atoms with Crippen molar-refractivity contribution in [3.8, 4) is 0 Å². The van der Waals surface area contributed by atoms with Gasteiger partial charge in [0.15, 0.2) is 0 Å². The molecule has 2 atom stereocenters. The van der Waals surface area contributed by atoms with Gasteiger partial charge in [-0.25, -0.2) is 9.59 Å². The van der Waals surface area contributed by atoms with Crippen LogP contribution in [0.3, 0.4) is 0 Å². The van der Waals surface area contributed by atoms with Crippen molar-refractivity contribution < 1.29 is 29.3 Å². The number of aliphatic hydroxyl groups is 1. The number of allylic oxidation sites excluding steroid dienone is 5. The molecule has 4 N–H and O–H groups in total. The average Bonchev–Trinajstić information content (AvgIpc) is 2.72. The van der Waals surface area contributed by atoms with Gasteiger partial charge < -0.3 is 25.6 Å². The predicted molar refractivity (Wildman–Crippen MR) is 143 cm³/mol. The normalized spacial score (nSPS) is 14.1. The minimum absolute atomic E-state index is 0.152. The summed E-state index contributed by atoms with van der Waals surface area (Å²) in [6, 6.07) is -2.46. The Hall–Kier alpha value is -2.26. The molecule has 0 aliphatic heterocycles. The Labute approximate surface area is 214 Å². The van der Waals surface area contributed by atoms with Gasteiger partial charge in [-0.1, -0.05) is 34.9 Å². The van der Waals surface area contributed by atoms with Crippen molar-refractivity contribution in [1.82, 2.24) is 10.6 Å². The molecule has 2 amide bonds. The van der Waals surface area contributed by atoms with E-state index < -0.39 is 42.3 Å². The summed E-state index contributed by atoms with van der Waals surface area (Å²) < 4.78 is 5.07. The van der Waals surface area contributed by atoms with E-state index in [-0.39, 0.29) is 5.75 Å². The van der Waals surface area contributed by atoms with Crippen molar-refractivity contribution in [2.75, 3.05) is 18.1 Å². The van der Waals surface area contributed by atoms with Crippen molar-refractivity contribution >= 4 is 29.7 Å². The Balaban J connectivity index is 4.56. The molecule has 0 aromatic rings. The highest BCUT2D eigenvalue weighted by atomic mass is 32.2. The number of aliphatic carboxylic acids is 1. The molecular weight excluding hydrogens is 468 g/mol. The molecule has 0 spiro atoms. The molecular formula is C26H44N2O6S. The topological polar surface area (TPSA) is 125 Å². The van der Waals surface area contributed by atoms with Gasteiger partial charge in [0, 0.05) is 11.5 Å². The summed E-state index contributed by atoms with van der Waals surface area (Å²) in [5, 5.41) is 23.5. The summed E-state index contributed by atoms with van der Waals surface area (Å²) >= 11 is 1.39. The molecule has 0 fully saturated rings. The molecule has 0 saturated heterocycles. The van der Waals surface area contributed by atoms with Crippen LogP contribution in [-0.4, -0.2) is 64.0 Å². The molecule has 0 unspecified atom stereocenters. The van der Waals surface area contributed by atoms with Crippen LogP contribution in [-0.2, 0) is 14.3 Å². The SMILES string of the molecule is CC(C)=CCC/C(C)=C/CC/C(C)=C/CSC[C@H](NC(=O)[C@H](CO)NC(=O)OC(C)(C)C)C(=O)O. The van der Waals surface area contributed by atoms with Crippen LogP contribution >= 0.6 is 11.8 Å². The maximum absolute atomic E-state index is 12.4. The number of hydrogen-bond acceptors (Lipinski definition) is 6. The summed E-state index contributed by atoms with van der Waals surface area (Å²) in [4.78, 5) is 35.8. The number of alkyl carbamates (subject to hydrolysis) is 1. The van der Waals surface area contributed by atoms with E-state index >= 15 is 0 Å². The lowest BCUT2D eigenvalue weighted by Crippen LogP contribution is -2.54. The summed E-state index contributed by atoms with van der Waals surface area (Å²) in [6.45, 7) is 12.7. The molecule has 200 valence electrons. The molecule has 35 heavy (non-hydrogen) atoms. The van der Waals surface area contributed by atoms with E-state index in [1.54, 1.807) is 20.8 Å². The Morgan fingerprint density at radius 1 is 0.914 bits per heavy atom. The molecule has 0 rings (SSSR count). The third kappa shape index (κ3) is 17.8. The van der Waals surface area contributed by atoms with E-state index in [1.807, 2.05) is 0 Å². The van der Waals surface area contributed by atoms with Gasteiger partial charge in [-0.05, 0) is 74.1 Å². The van der Waals surface area contributed by atoms with E-state index in [0.29, 0.717) is 5.75 Å². The predicted octanol–water partition coefficient (Wildman–Crippen LogP) is 4.59. The first-order valence-corrected chi connectivity index (χ1v) is 13.1. The summed E-state index contributed by atoms with van der Waals surface area (Å²) in [7, 11) is 0. The Bertz CT molecular complexity index is 779. The van der Waals surface area contributed by atoms with Gasteiger partial charge in [0.05, 0.1) is 6.61 Å². The fraction of sp³-hybridized carbons (Fsp3) is 0.654. The van der Waals surface area contributed by atoms with Gasteiger partial charge in [0.25, 0.3) is 0 Å². The second-order valence-electron chi connectivity index (χ2n) is 9.78. The maximum atomic E-state index is 12.4. The lowest BCUT2D eigenvalue weighted by atomic mass is 10.1. The van der Waals surface area contributed by atoms with E-state index in [2.05, 4.69) is 56.6 Å². The monoisotopic (exact) mass is 512 g/mol. The Morgan fingerprint density at radius 2 is 1.49 bits per heavy atom. The summed E-state index contributed by atoms with van der Waals surface area (Å²) in [5.74, 6) is -1.20. The molecule has 0 aliphatic rings. The number of aliphatic hydroxyl groups excluding tert-OH is 1. The zero-order valence-corrected chi connectivity index (χ0v) is 23.1. The number of thioether (sulfide) groups is 1. The number of carboxylic acid groups (broad SMARTS) is 1. The number of carboxylic acids is 1. The van der Waals surface area contributed by atoms with E-state index in [1.165, 1.54) is 28.5 Å². The molecule has 9 heteroatoms. The standard InChI is InChI=1S/C26H44N2O6S/c1-18(2)10-8-11-19(3)12-9-13-20(4)14-15-35-17-22(24(31)32)27-23(30)21(16-29)28-25(33)34-26(5,6)7/h10,12,14,21-22,29H,8-9,11,13,15-17H2,1-7H3,(H,27,30)(H,28,33)(H,31,32)/b19-12+,20-14+/t21-,22-/m0/s1. The van der Waals surface area contributed by atoms with Gasteiger partial charge in [-0.3, -0.25) is 4.79 Å². The first kappa shape index (κ1) is 32.7. The largest absolute Gasteiger partial charge is 0.480 e. The lowest BCUT2D eigenvalue weighted by Gasteiger charge is -2.23. The van der Waals surface area contributed by atoms with Gasteiger partial charge in [0.1, 0.15) is 17.7 Å². The van der Waals surface area contributed by atoms with Gasteiger partial charge >= 0.3 is 12.1 Å². The van der Waals surface area contributed by atoms with Crippen molar-refractivity contribution in [3.05, 3.63) is 34.9 Å². The molecule has 0 heterocycles. The van der Waals surface area contributed by atoms with Crippen LogP contribution in [0.25, 0.3) is 0 Å². The molecule has 0 radical (unpaired) electrons. The van der Waals surface area contributed by atoms with Crippen molar-refractivity contribution in [2.45, 2.75) is 91.8 Å². The highest BCUT2D eigenvalue weighted by Gasteiger charge is 2.27. The minimum Gasteiger partial charge on any atom is -0.480 e. The molecule has 0 saturated carbocycles. The number of ether oxygens (including phenoxy) is 1. The Morgan fingerprint density at radius 3 is 2.00 bits per heavy atom. The van der Waals surface area contributed by atoms with Crippen molar-refractivity contribution in [3.63, 3.8) is 0 Å². The second-order valence-corrected chi connectivity index (χ2v) is 10.9. The number of amides is 2. The number of carbonyl (C=O) groups excluding carboxylic acids is 2. The number of nitrogens with one attached hydrogen (secondary N) is 2. The zero-order chi connectivity index (χ0) is 27.0. The van der Waals surface area contributed by atoms with Gasteiger partial charge in [-0.15, -0.1) is 0 Å². The summed E-state index contributed by atoms with van der Waals surface area (Å²) in [5.41, 5.74) is 3.17. The second kappa shape index (κ2) is 17.2. The molecule has 0 aromatic carbocycles. The zero-order valence-electron chi connectivity index (χ0n) is 22.3. The van der Waals surface area contributed by atoms with Crippen molar-refractivity contribution in [1.29, 1.82) is 0 Å². The minimum atomic E-state index is -1.31. The quantitative estimate of drug-likeness (QED) is 0.187. The van der Waals surface area contributed by atoms with Crippen LogP contribution in [0, 0.1) is 0 Å². The van der Waals surface area contributed by atoms with Crippen molar-refractivity contribution in [2.24, 2.45) is 0 Å². The highest BCUT2D eigenvalue weighted by Crippen LogP contribution is 2.13. The van der Waals surface area contributed by atoms with E-state index in [9.17, 15) is 24.6 Å². The third-order valence-corrected chi connectivity index (χ3v) is 5.73. The lowest BCUT2D eigenvalue weighted by molar-refractivity contribution is -0.141. The first-order valence-electron chi connectivity index (χ1n) is 11.9. The van der Waals surface area contributed by atoms with Crippen LogP contribution in [0.1, 0.15) is 74.1 Å². The fourth-order valence-corrected chi connectivity index (χ4v) is 3.82. The number of rotatable bonds is 15. The average molecular weight is 513 g/mol. The summed E-state index contributed by atoms with van der Waals surface area (Å²) in [6.07, 6.45) is 9.74. The number of carbonyl (C=O) groups is 3. The third-order valence-electron chi connectivity index (χ3n) is 4.76. The van der Waals surface area contributed by atoms with E-state index in [4.69, 9.17) is 4.74 Å². The Kier molecular flexibility index (Phi) is 16.1. The van der Waals surface area contributed by atoms with Crippen LogP contribution in [0.4, 0.5) is 4.79 Å².